The summed E-state index contributed by atoms with van der Waals surface area (Å²) in [6.07, 6.45) is 7.51. The molecule has 8 aromatic carbocycles. The van der Waals surface area contributed by atoms with Crippen LogP contribution < -0.4 is 90.3 Å². The Hall–Kier alpha value is -11.4. The van der Waals surface area contributed by atoms with Crippen molar-refractivity contribution in [2.24, 2.45) is 22.2 Å². The zero-order valence-corrected chi connectivity index (χ0v) is 63.2. The zero-order valence-electron chi connectivity index (χ0n) is 61.7. The second kappa shape index (κ2) is 39.3. The smallest absolute Gasteiger partial charge is 0.338 e. The molecule has 2 aliphatic heterocycles. The SMILES string of the molecule is COC(=O)[C@@H]1CC=CCc2cc3ccccc3c(c2OC)-c2c(OC)c(cc3ccccc23)CC(NC(C)=O)C(=O)N[C@H](CCCN=C(N)NCl)C(=O)N1.COC(=O)[C@@H]1CCCCc2cc3ccccc3c(c2OC)-c2c(OC)c(cc3ccccc23)CC(NC(C)=O)C(=O)N[C@H](CCC[NH+]=C(N)N)C(=O)N1.[Cl-]. The molecule has 28 heteroatoms. The number of carbonyl (C=O) groups is 8. The quantitative estimate of drug-likeness (QED) is 0.0165. The lowest BCUT2D eigenvalue weighted by Crippen LogP contribution is -3.00. The summed E-state index contributed by atoms with van der Waals surface area (Å²) in [4.78, 5) is 116. The number of benzene rings is 8. The number of halogens is 2. The monoisotopic (exact) mass is 1520 g/mol. The Bertz CT molecular complexity index is 4720. The lowest BCUT2D eigenvalue weighted by Gasteiger charge is -2.26. The van der Waals surface area contributed by atoms with Gasteiger partial charge in [0.2, 0.25) is 41.4 Å². The van der Waals surface area contributed by atoms with Crippen LogP contribution in [0.4, 0.5) is 0 Å². The Morgan fingerprint density at radius 3 is 1.34 bits per heavy atom. The van der Waals surface area contributed by atoms with Crippen LogP contribution in [0.5, 0.6) is 23.0 Å². The molecule has 14 N–H and O–H groups in total. The highest BCUT2D eigenvalue weighted by atomic mass is 35.5. The summed E-state index contributed by atoms with van der Waals surface area (Å²) in [5.41, 5.74) is 23.1. The predicted molar refractivity (Wildman–Crippen MR) is 413 cm³/mol. The Morgan fingerprint density at radius 1 is 0.519 bits per heavy atom. The van der Waals surface area contributed by atoms with Gasteiger partial charge >= 0.3 is 17.9 Å². The van der Waals surface area contributed by atoms with Crippen LogP contribution in [0.2, 0.25) is 0 Å². The van der Waals surface area contributed by atoms with Crippen molar-refractivity contribution in [2.45, 2.75) is 127 Å². The number of hydrogen-bond acceptors (Lipinski definition) is 15. The summed E-state index contributed by atoms with van der Waals surface area (Å²) in [5.74, 6) is -2.13. The fraction of sp³-hybridized carbons (Fsp3) is 0.350. The van der Waals surface area contributed by atoms with Gasteiger partial charge in [-0.1, -0.05) is 116 Å². The molecule has 8 bridgehead atoms. The first-order chi connectivity index (χ1) is 51.6. The molecule has 0 spiro atoms. The molecule has 2 aliphatic rings. The van der Waals surface area contributed by atoms with Crippen LogP contribution in [0.3, 0.4) is 0 Å². The minimum Gasteiger partial charge on any atom is -1.00 e. The molecule has 0 fully saturated rings. The summed E-state index contributed by atoms with van der Waals surface area (Å²) in [6.45, 7) is 3.18. The van der Waals surface area contributed by atoms with E-state index in [1.54, 1.807) is 34.5 Å². The molecule has 6 atom stereocenters. The highest BCUT2D eigenvalue weighted by molar-refractivity contribution is 6.21. The van der Waals surface area contributed by atoms with Crippen LogP contribution in [0.15, 0.2) is 138 Å². The van der Waals surface area contributed by atoms with Crippen molar-refractivity contribution in [3.63, 3.8) is 0 Å². The van der Waals surface area contributed by atoms with Crippen LogP contribution in [-0.4, -0.2) is 151 Å². The molecule has 108 heavy (non-hydrogen) atoms. The number of fused-ring (bicyclic) bond motifs is 18. The van der Waals surface area contributed by atoms with Gasteiger partial charge in [0.1, 0.15) is 59.2 Å². The second-order valence-corrected chi connectivity index (χ2v) is 26.2. The number of aryl methyl sites for hydroxylation is 1. The molecule has 8 aromatic rings. The second-order valence-electron chi connectivity index (χ2n) is 26.1. The first-order valence-corrected chi connectivity index (χ1v) is 35.7. The maximum Gasteiger partial charge on any atom is 0.338 e. The van der Waals surface area contributed by atoms with E-state index in [2.05, 4.69) is 71.0 Å². The minimum absolute atomic E-state index is 0. The number of rotatable bonds is 16. The number of methoxy groups -OCH3 is 6. The van der Waals surface area contributed by atoms with Crippen molar-refractivity contribution >= 4 is 114 Å². The van der Waals surface area contributed by atoms with E-state index in [-0.39, 0.29) is 63.0 Å². The number of carbonyl (C=O) groups excluding carboxylic acids is 8. The van der Waals surface area contributed by atoms with Crippen LogP contribution in [0.1, 0.15) is 87.5 Å². The number of nitrogens with two attached hydrogens (primary N) is 3. The third-order valence-electron chi connectivity index (χ3n) is 18.8. The van der Waals surface area contributed by atoms with Crippen LogP contribution >= 0.6 is 11.8 Å². The molecule has 10 rings (SSSR count). The van der Waals surface area contributed by atoms with Gasteiger partial charge in [0.05, 0.1) is 49.2 Å². The maximum atomic E-state index is 14.2. The van der Waals surface area contributed by atoms with Crippen molar-refractivity contribution in [2.75, 3.05) is 55.7 Å². The number of allylic oxidation sites excluding steroid dienone is 1. The van der Waals surface area contributed by atoms with Crippen LogP contribution in [0, 0.1) is 0 Å². The lowest BCUT2D eigenvalue weighted by atomic mass is 9.86. The van der Waals surface area contributed by atoms with Gasteiger partial charge in [-0.2, -0.15) is 0 Å². The summed E-state index contributed by atoms with van der Waals surface area (Å²) < 4.78 is 35.0. The minimum atomic E-state index is -1.13. The topological polar surface area (TPSA) is 381 Å². The van der Waals surface area contributed by atoms with Crippen molar-refractivity contribution in [3.05, 3.63) is 156 Å². The van der Waals surface area contributed by atoms with E-state index in [0.717, 1.165) is 76.5 Å². The summed E-state index contributed by atoms with van der Waals surface area (Å²) in [6, 6.07) is 33.6. The molecule has 0 aromatic heterocycles. The summed E-state index contributed by atoms with van der Waals surface area (Å²) >= 11 is 5.52. The number of amides is 6. The van der Waals surface area contributed by atoms with Gasteiger partial charge < -0.3 is 78.5 Å². The number of guanidine groups is 2. The molecule has 6 amide bonds. The Kier molecular flexibility index (Phi) is 29.9. The first kappa shape index (κ1) is 82.3. The van der Waals surface area contributed by atoms with E-state index in [1.165, 1.54) is 28.1 Å². The highest BCUT2D eigenvalue weighted by Gasteiger charge is 2.35. The summed E-state index contributed by atoms with van der Waals surface area (Å²) in [5, 5.41) is 24.2. The number of nitrogens with one attached hydrogen (secondary N) is 8. The van der Waals surface area contributed by atoms with Crippen LogP contribution in [-0.2, 0) is 73.5 Å². The molecular formula is C80H94Cl2N12O14. The van der Waals surface area contributed by atoms with Gasteiger partial charge in [-0.05, 0) is 147 Å². The lowest BCUT2D eigenvalue weighted by molar-refractivity contribution is -0.459. The van der Waals surface area contributed by atoms with E-state index in [4.69, 9.17) is 57.4 Å². The van der Waals surface area contributed by atoms with Gasteiger partial charge in [-0.25, -0.2) is 9.59 Å². The van der Waals surface area contributed by atoms with Crippen molar-refractivity contribution < 1.29 is 84.2 Å². The molecule has 572 valence electrons. The molecule has 0 saturated heterocycles. The van der Waals surface area contributed by atoms with Crippen molar-refractivity contribution in [1.82, 2.24) is 36.7 Å². The van der Waals surface area contributed by atoms with Gasteiger partial charge in [0.15, 0.2) is 0 Å². The average Bonchev–Trinajstić information content (AvgIpc) is 0.744. The van der Waals surface area contributed by atoms with E-state index >= 15 is 0 Å². The van der Waals surface area contributed by atoms with Crippen molar-refractivity contribution in [1.29, 1.82) is 0 Å². The molecule has 0 radical (unpaired) electrons. The molecular weight excluding hydrogens is 1420 g/mol. The third kappa shape index (κ3) is 20.2. The fourth-order valence-corrected chi connectivity index (χ4v) is 14.1. The van der Waals surface area contributed by atoms with E-state index in [1.807, 2.05) is 103 Å². The van der Waals surface area contributed by atoms with Gasteiger partial charge in [-0.15, -0.1) is 0 Å². The van der Waals surface area contributed by atoms with Crippen LogP contribution in [0.25, 0.3) is 65.3 Å². The molecule has 26 nitrogen and oxygen atoms in total. The van der Waals surface area contributed by atoms with Crippen molar-refractivity contribution in [3.8, 4) is 45.3 Å². The van der Waals surface area contributed by atoms with E-state index in [0.29, 0.717) is 85.6 Å². The third-order valence-corrected chi connectivity index (χ3v) is 19.0. The number of aliphatic imine (C=N–C) groups is 1. The predicted octanol–water partition coefficient (Wildman–Crippen LogP) is 2.94. The summed E-state index contributed by atoms with van der Waals surface area (Å²) in [7, 11) is 8.94. The largest absolute Gasteiger partial charge is 1.00 e. The van der Waals surface area contributed by atoms with Gasteiger partial charge in [-0.3, -0.25) is 55.1 Å². The van der Waals surface area contributed by atoms with Gasteiger partial charge in [0, 0.05) is 67.3 Å². The van der Waals surface area contributed by atoms with E-state index < -0.39 is 83.6 Å². The normalized spacial score (nSPS) is 18.0. The maximum absolute atomic E-state index is 14.2. The molecule has 2 unspecified atom stereocenters. The molecule has 2 heterocycles. The zero-order chi connectivity index (χ0) is 76.8. The molecule has 0 saturated carbocycles. The number of hydrogen-bond donors (Lipinski definition) is 11. The van der Waals surface area contributed by atoms with E-state index in [9.17, 15) is 38.4 Å². The average molecular weight is 1520 g/mol. The Labute approximate surface area is 637 Å². The fourth-order valence-electron chi connectivity index (χ4n) is 14.0. The Balaban J connectivity index is 0.000000270. The number of ether oxygens (including phenoxy) is 6. The number of esters is 2. The Morgan fingerprint density at radius 2 is 0.917 bits per heavy atom. The van der Waals surface area contributed by atoms with Gasteiger partial charge in [0.25, 0.3) is 0 Å². The molecule has 0 aliphatic carbocycles. The highest BCUT2D eigenvalue weighted by Crippen LogP contribution is 2.51. The first-order valence-electron chi connectivity index (χ1n) is 35.4. The standard InChI is InChI=1S/C40H45ClN6O7.C40H48N6O7.ClH/c1-23(48)44-32-22-27-21-25-13-6-9-16-29(25)34(36(27)53-3)33-28-15-8-5-12-24(28)20-26(35(33)52-2)14-7-10-17-31(39(51)54-4)46-37(49)30(45-38(32)50)18-11-19-43-40(42)47-41;1-23(47)44-32-22-27-21-25-13-6-9-16-29(25)34(36(27)52-3)33-28-15-8-5-12-24(28)20-26(35(33)51-2)14-7-10-17-31(39(50)53-4)46-37(48)30(45-38(32)49)18-11-19-43-40(41)42;/h5-10,12-13,15-16,20-21,30-32H,11,14,17-19,22H2,1-4H3,(H,44,48)(H,45,50)(H,46,49)(H3,42,43,47);5-6,8-9,12-13,15-16,20-21,30-32H,7,10-11,14,17-19,22H2,1-4H3,(H,44,47)(H,45,49)(H,46,48)(H4,41,42,43);1H/t2*30-,31+,32?;/m11./s1. The number of nitrogens with zero attached hydrogens (tertiary/aromatic N) is 1.